The molecule has 1 fully saturated rings. The molecule has 1 heterocycles. The van der Waals surface area contributed by atoms with E-state index >= 15 is 0 Å². The lowest BCUT2D eigenvalue weighted by Crippen LogP contribution is -3.13. The molecule has 2 aromatic carbocycles. The Kier molecular flexibility index (Phi) is 7.12. The fourth-order valence-corrected chi connectivity index (χ4v) is 3.44. The lowest BCUT2D eigenvalue weighted by Gasteiger charge is -2.32. The minimum Gasteiger partial charge on any atom is -0.494 e. The Morgan fingerprint density at radius 1 is 1.00 bits per heavy atom. The monoisotopic (exact) mass is 433 g/mol. The summed E-state index contributed by atoms with van der Waals surface area (Å²) < 4.78 is 12.1. The molecule has 0 spiro atoms. The fourth-order valence-electron chi connectivity index (χ4n) is 3.18. The van der Waals surface area contributed by atoms with E-state index in [-0.39, 0.29) is 12.5 Å². The highest BCUT2D eigenvalue weighted by Gasteiger charge is 2.24. The van der Waals surface area contributed by atoms with Crippen molar-refractivity contribution in [1.29, 1.82) is 0 Å². The van der Waals surface area contributed by atoms with Gasteiger partial charge in [0.25, 0.3) is 5.91 Å². The molecule has 0 unspecified atom stereocenters. The molecular weight excluding hydrogens is 408 g/mol. The lowest BCUT2D eigenvalue weighted by atomic mass is 10.2. The van der Waals surface area contributed by atoms with Gasteiger partial charge in [-0.3, -0.25) is 4.79 Å². The lowest BCUT2D eigenvalue weighted by molar-refractivity contribution is -0.917. The third-order valence-electron chi connectivity index (χ3n) is 4.69. The Bertz CT molecular complexity index is 726. The topological polar surface area (TPSA) is 43.2 Å². The first-order valence-electron chi connectivity index (χ1n) is 9.35. The van der Waals surface area contributed by atoms with Crippen LogP contribution in [-0.4, -0.2) is 50.2 Å². The van der Waals surface area contributed by atoms with E-state index in [1.807, 2.05) is 48.2 Å². The minimum absolute atomic E-state index is 0.0537. The molecular formula is C21H26BrN2O3+. The van der Waals surface area contributed by atoms with Crippen LogP contribution in [0.25, 0.3) is 0 Å². The third-order valence-corrected chi connectivity index (χ3v) is 5.22. The summed E-state index contributed by atoms with van der Waals surface area (Å²) in [5, 5.41) is 0. The number of halogens is 1. The number of rotatable bonds is 7. The van der Waals surface area contributed by atoms with Gasteiger partial charge in [-0.05, 0) is 55.5 Å². The SMILES string of the molecule is CCOc1ccc(C[NH+]2CCN(C(=O)COc3ccc(Br)cc3)CC2)cc1. The van der Waals surface area contributed by atoms with Gasteiger partial charge < -0.3 is 19.3 Å². The molecule has 5 nitrogen and oxygen atoms in total. The van der Waals surface area contributed by atoms with Crippen LogP contribution < -0.4 is 14.4 Å². The van der Waals surface area contributed by atoms with Crippen molar-refractivity contribution in [1.82, 2.24) is 4.90 Å². The molecule has 0 saturated carbocycles. The summed E-state index contributed by atoms with van der Waals surface area (Å²) in [5.41, 5.74) is 1.30. The van der Waals surface area contributed by atoms with Crippen LogP contribution in [0.3, 0.4) is 0 Å². The number of amides is 1. The standard InChI is InChI=1S/C21H25BrN2O3/c1-2-26-19-7-3-17(4-8-19)15-23-11-13-24(14-12-23)21(25)16-27-20-9-5-18(22)6-10-20/h3-10H,2,11-16H2,1H3/p+1. The van der Waals surface area contributed by atoms with Crippen molar-refractivity contribution < 1.29 is 19.2 Å². The molecule has 0 atom stereocenters. The molecule has 1 N–H and O–H groups in total. The van der Waals surface area contributed by atoms with Crippen LogP contribution in [0, 0.1) is 0 Å². The molecule has 0 aromatic heterocycles. The maximum atomic E-state index is 12.4. The molecule has 1 aliphatic heterocycles. The van der Waals surface area contributed by atoms with E-state index in [9.17, 15) is 4.79 Å². The highest BCUT2D eigenvalue weighted by Crippen LogP contribution is 2.16. The van der Waals surface area contributed by atoms with Crippen LogP contribution in [0.5, 0.6) is 11.5 Å². The zero-order valence-electron chi connectivity index (χ0n) is 15.6. The first kappa shape index (κ1) is 19.7. The Hall–Kier alpha value is -2.05. The Balaban J connectivity index is 1.41. The van der Waals surface area contributed by atoms with Crippen LogP contribution >= 0.6 is 15.9 Å². The van der Waals surface area contributed by atoms with Crippen molar-refractivity contribution in [2.45, 2.75) is 13.5 Å². The molecule has 1 amide bonds. The van der Waals surface area contributed by atoms with Gasteiger partial charge >= 0.3 is 0 Å². The van der Waals surface area contributed by atoms with Crippen molar-refractivity contribution in [3.05, 3.63) is 58.6 Å². The van der Waals surface area contributed by atoms with Crippen LogP contribution in [-0.2, 0) is 11.3 Å². The van der Waals surface area contributed by atoms with Gasteiger partial charge in [0, 0.05) is 10.0 Å². The van der Waals surface area contributed by atoms with Crippen molar-refractivity contribution in [3.8, 4) is 11.5 Å². The smallest absolute Gasteiger partial charge is 0.260 e. The zero-order valence-corrected chi connectivity index (χ0v) is 17.2. The number of carbonyl (C=O) groups excluding carboxylic acids is 1. The largest absolute Gasteiger partial charge is 0.494 e. The van der Waals surface area contributed by atoms with E-state index in [0.29, 0.717) is 12.4 Å². The normalized spacial score (nSPS) is 14.8. The summed E-state index contributed by atoms with van der Waals surface area (Å²) in [7, 11) is 0. The van der Waals surface area contributed by atoms with Gasteiger partial charge in [-0.25, -0.2) is 0 Å². The number of nitrogens with zero attached hydrogens (tertiary/aromatic N) is 1. The van der Waals surface area contributed by atoms with Crippen molar-refractivity contribution in [2.24, 2.45) is 0 Å². The molecule has 0 bridgehead atoms. The number of carbonyl (C=O) groups is 1. The number of hydrogen-bond donors (Lipinski definition) is 1. The highest BCUT2D eigenvalue weighted by atomic mass is 79.9. The predicted octanol–water partition coefficient (Wildman–Crippen LogP) is 2.15. The average molecular weight is 434 g/mol. The maximum Gasteiger partial charge on any atom is 0.260 e. The minimum atomic E-state index is 0.0537. The molecule has 2 aromatic rings. The Morgan fingerprint density at radius 2 is 1.59 bits per heavy atom. The molecule has 0 aliphatic carbocycles. The van der Waals surface area contributed by atoms with Crippen LogP contribution in [0.4, 0.5) is 0 Å². The summed E-state index contributed by atoms with van der Waals surface area (Å²) in [6, 6.07) is 15.8. The zero-order chi connectivity index (χ0) is 19.1. The molecule has 1 aliphatic rings. The van der Waals surface area contributed by atoms with E-state index in [1.54, 1.807) is 0 Å². The summed E-state index contributed by atoms with van der Waals surface area (Å²) in [6.07, 6.45) is 0. The summed E-state index contributed by atoms with van der Waals surface area (Å²) in [6.45, 7) is 7.20. The Morgan fingerprint density at radius 3 is 2.22 bits per heavy atom. The van der Waals surface area contributed by atoms with Gasteiger partial charge in [0.15, 0.2) is 6.61 Å². The fraction of sp³-hybridized carbons (Fsp3) is 0.381. The Labute approximate surface area is 169 Å². The molecule has 1 saturated heterocycles. The molecule has 3 rings (SSSR count). The van der Waals surface area contributed by atoms with E-state index in [1.165, 1.54) is 10.5 Å². The summed E-state index contributed by atoms with van der Waals surface area (Å²) >= 11 is 3.39. The number of nitrogens with one attached hydrogen (secondary N) is 1. The van der Waals surface area contributed by atoms with Crippen molar-refractivity contribution in [2.75, 3.05) is 39.4 Å². The summed E-state index contributed by atoms with van der Waals surface area (Å²) in [5.74, 6) is 1.68. The van der Waals surface area contributed by atoms with Crippen molar-refractivity contribution in [3.63, 3.8) is 0 Å². The van der Waals surface area contributed by atoms with E-state index in [0.717, 1.165) is 42.9 Å². The first-order chi connectivity index (χ1) is 13.1. The van der Waals surface area contributed by atoms with E-state index in [4.69, 9.17) is 9.47 Å². The van der Waals surface area contributed by atoms with Crippen LogP contribution in [0.15, 0.2) is 53.0 Å². The molecule has 144 valence electrons. The number of hydrogen-bond acceptors (Lipinski definition) is 3. The highest BCUT2D eigenvalue weighted by molar-refractivity contribution is 9.10. The number of piperazine rings is 1. The van der Waals surface area contributed by atoms with Gasteiger partial charge in [0.2, 0.25) is 0 Å². The predicted molar refractivity (Wildman–Crippen MR) is 108 cm³/mol. The third kappa shape index (κ3) is 5.97. The van der Waals surface area contributed by atoms with E-state index < -0.39 is 0 Å². The second-order valence-corrected chi connectivity index (χ2v) is 7.54. The molecule has 27 heavy (non-hydrogen) atoms. The number of ether oxygens (including phenoxy) is 2. The second kappa shape index (κ2) is 9.76. The quantitative estimate of drug-likeness (QED) is 0.727. The van der Waals surface area contributed by atoms with Gasteiger partial charge in [0.05, 0.1) is 32.8 Å². The first-order valence-corrected chi connectivity index (χ1v) is 10.1. The maximum absolute atomic E-state index is 12.4. The van der Waals surface area contributed by atoms with Gasteiger partial charge in [0.1, 0.15) is 18.0 Å². The van der Waals surface area contributed by atoms with Crippen LogP contribution in [0.1, 0.15) is 12.5 Å². The molecule has 0 radical (unpaired) electrons. The number of quaternary nitrogens is 1. The van der Waals surface area contributed by atoms with Crippen molar-refractivity contribution >= 4 is 21.8 Å². The van der Waals surface area contributed by atoms with Gasteiger partial charge in [-0.2, -0.15) is 0 Å². The van der Waals surface area contributed by atoms with Crippen LogP contribution in [0.2, 0.25) is 0 Å². The second-order valence-electron chi connectivity index (χ2n) is 6.63. The van der Waals surface area contributed by atoms with Gasteiger partial charge in [-0.15, -0.1) is 0 Å². The average Bonchev–Trinajstić information content (AvgIpc) is 2.70. The van der Waals surface area contributed by atoms with Gasteiger partial charge in [-0.1, -0.05) is 15.9 Å². The molecule has 6 heteroatoms. The number of benzene rings is 2. The van der Waals surface area contributed by atoms with E-state index in [2.05, 4.69) is 28.1 Å². The summed E-state index contributed by atoms with van der Waals surface area (Å²) in [4.78, 5) is 15.8.